The SMILES string of the molecule is CCCN(CCC)C(=O)Cn1c(CNC(=O)C2CC2)nc2ccccc21. The monoisotopic (exact) mass is 356 g/mol. The van der Waals surface area contributed by atoms with E-state index < -0.39 is 0 Å². The lowest BCUT2D eigenvalue weighted by Gasteiger charge is -2.22. The molecule has 0 atom stereocenters. The van der Waals surface area contributed by atoms with Crippen molar-refractivity contribution < 1.29 is 9.59 Å². The third-order valence-corrected chi connectivity index (χ3v) is 4.74. The van der Waals surface area contributed by atoms with E-state index in [1.165, 1.54) is 0 Å². The van der Waals surface area contributed by atoms with Gasteiger partial charge < -0.3 is 14.8 Å². The lowest BCUT2D eigenvalue weighted by atomic mass is 10.3. The molecule has 1 saturated carbocycles. The van der Waals surface area contributed by atoms with Gasteiger partial charge in [0.05, 0.1) is 17.6 Å². The number of amides is 2. The van der Waals surface area contributed by atoms with Crippen LogP contribution in [0.4, 0.5) is 0 Å². The number of nitrogens with one attached hydrogen (secondary N) is 1. The van der Waals surface area contributed by atoms with Gasteiger partial charge in [0.2, 0.25) is 11.8 Å². The van der Waals surface area contributed by atoms with Gasteiger partial charge in [0.25, 0.3) is 0 Å². The number of carbonyl (C=O) groups is 2. The Morgan fingerprint density at radius 2 is 1.88 bits per heavy atom. The van der Waals surface area contributed by atoms with Crippen LogP contribution in [0.15, 0.2) is 24.3 Å². The lowest BCUT2D eigenvalue weighted by Crippen LogP contribution is -2.36. The molecule has 6 nitrogen and oxygen atoms in total. The third-order valence-electron chi connectivity index (χ3n) is 4.74. The number of carbonyl (C=O) groups excluding carboxylic acids is 2. The molecule has 1 aromatic heterocycles. The molecule has 1 aromatic carbocycles. The quantitative estimate of drug-likeness (QED) is 0.751. The van der Waals surface area contributed by atoms with Crippen molar-refractivity contribution >= 4 is 22.8 Å². The maximum absolute atomic E-state index is 12.8. The first kappa shape index (κ1) is 18.4. The molecule has 1 aliphatic carbocycles. The minimum atomic E-state index is 0.0912. The summed E-state index contributed by atoms with van der Waals surface area (Å²) in [6.07, 6.45) is 3.84. The summed E-state index contributed by atoms with van der Waals surface area (Å²) in [6.45, 7) is 6.33. The van der Waals surface area contributed by atoms with Crippen LogP contribution >= 0.6 is 0 Å². The number of nitrogens with zero attached hydrogens (tertiary/aromatic N) is 3. The summed E-state index contributed by atoms with van der Waals surface area (Å²) < 4.78 is 1.95. The molecule has 2 aromatic rings. The molecule has 1 fully saturated rings. The van der Waals surface area contributed by atoms with E-state index in [2.05, 4.69) is 24.1 Å². The maximum atomic E-state index is 12.8. The fourth-order valence-corrected chi connectivity index (χ4v) is 3.23. The number of aromatic nitrogens is 2. The predicted octanol–water partition coefficient (Wildman–Crippen LogP) is 2.71. The van der Waals surface area contributed by atoms with E-state index >= 15 is 0 Å². The summed E-state index contributed by atoms with van der Waals surface area (Å²) in [6, 6.07) is 7.81. The summed E-state index contributed by atoms with van der Waals surface area (Å²) in [5.74, 6) is 1.10. The van der Waals surface area contributed by atoms with Crippen LogP contribution in [-0.4, -0.2) is 39.4 Å². The first-order valence-electron chi connectivity index (χ1n) is 9.63. The van der Waals surface area contributed by atoms with Gasteiger partial charge in [-0.2, -0.15) is 0 Å². The summed E-state index contributed by atoms with van der Waals surface area (Å²) in [7, 11) is 0. The van der Waals surface area contributed by atoms with E-state index in [9.17, 15) is 9.59 Å². The lowest BCUT2D eigenvalue weighted by molar-refractivity contribution is -0.131. The van der Waals surface area contributed by atoms with Crippen LogP contribution in [0.1, 0.15) is 45.4 Å². The standard InChI is InChI=1S/C20H28N4O2/c1-3-11-23(12-4-2)19(25)14-24-17-8-6-5-7-16(17)22-18(24)13-21-20(26)15-9-10-15/h5-8,15H,3-4,9-14H2,1-2H3,(H,21,26). The highest BCUT2D eigenvalue weighted by Gasteiger charge is 2.29. The molecule has 0 aliphatic heterocycles. The molecule has 3 rings (SSSR count). The predicted molar refractivity (Wildman–Crippen MR) is 101 cm³/mol. The van der Waals surface area contributed by atoms with Crippen molar-refractivity contribution in [3.63, 3.8) is 0 Å². The zero-order valence-electron chi connectivity index (χ0n) is 15.7. The minimum Gasteiger partial charge on any atom is -0.349 e. The number of benzene rings is 1. The summed E-state index contributed by atoms with van der Waals surface area (Å²) in [5, 5.41) is 2.97. The molecule has 0 saturated heterocycles. The van der Waals surface area contributed by atoms with Gasteiger partial charge in [-0.3, -0.25) is 9.59 Å². The zero-order chi connectivity index (χ0) is 18.5. The van der Waals surface area contributed by atoms with Crippen LogP contribution in [0.5, 0.6) is 0 Å². The van der Waals surface area contributed by atoms with E-state index in [0.717, 1.165) is 55.6 Å². The average molecular weight is 356 g/mol. The van der Waals surface area contributed by atoms with Crippen molar-refractivity contribution in [3.05, 3.63) is 30.1 Å². The van der Waals surface area contributed by atoms with Crippen molar-refractivity contribution in [1.82, 2.24) is 19.8 Å². The van der Waals surface area contributed by atoms with Gasteiger partial charge in [0.15, 0.2) is 0 Å². The van der Waals surface area contributed by atoms with Crippen LogP contribution < -0.4 is 5.32 Å². The molecule has 1 heterocycles. The second-order valence-electron chi connectivity index (χ2n) is 6.98. The highest BCUT2D eigenvalue weighted by Crippen LogP contribution is 2.28. The Morgan fingerprint density at radius 3 is 2.54 bits per heavy atom. The van der Waals surface area contributed by atoms with Gasteiger partial charge in [-0.05, 0) is 37.8 Å². The first-order chi connectivity index (χ1) is 12.6. The summed E-state index contributed by atoms with van der Waals surface area (Å²) in [5.41, 5.74) is 1.79. The first-order valence-corrected chi connectivity index (χ1v) is 9.63. The molecule has 26 heavy (non-hydrogen) atoms. The summed E-state index contributed by atoms with van der Waals surface area (Å²) >= 11 is 0. The van der Waals surface area contributed by atoms with E-state index in [1.807, 2.05) is 33.7 Å². The van der Waals surface area contributed by atoms with Gasteiger partial charge in [-0.15, -0.1) is 0 Å². The largest absolute Gasteiger partial charge is 0.349 e. The number of para-hydroxylation sites is 2. The van der Waals surface area contributed by atoms with Gasteiger partial charge in [-0.1, -0.05) is 26.0 Å². The van der Waals surface area contributed by atoms with Gasteiger partial charge in [0, 0.05) is 19.0 Å². The average Bonchev–Trinajstić information content (AvgIpc) is 3.43. The van der Waals surface area contributed by atoms with Gasteiger partial charge in [-0.25, -0.2) is 4.98 Å². The van der Waals surface area contributed by atoms with Crippen molar-refractivity contribution in [2.75, 3.05) is 13.1 Å². The maximum Gasteiger partial charge on any atom is 0.242 e. The second kappa shape index (κ2) is 8.34. The second-order valence-corrected chi connectivity index (χ2v) is 6.98. The van der Waals surface area contributed by atoms with Crippen LogP contribution in [0.25, 0.3) is 11.0 Å². The van der Waals surface area contributed by atoms with Crippen LogP contribution in [0.2, 0.25) is 0 Å². The molecule has 140 valence electrons. The topological polar surface area (TPSA) is 67.2 Å². The van der Waals surface area contributed by atoms with E-state index in [-0.39, 0.29) is 24.3 Å². The van der Waals surface area contributed by atoms with E-state index in [0.29, 0.717) is 6.54 Å². The Morgan fingerprint density at radius 1 is 1.19 bits per heavy atom. The highest BCUT2D eigenvalue weighted by atomic mass is 16.2. The van der Waals surface area contributed by atoms with Crippen molar-refractivity contribution in [1.29, 1.82) is 0 Å². The molecule has 2 amide bonds. The zero-order valence-corrected chi connectivity index (χ0v) is 15.7. The number of fused-ring (bicyclic) bond motifs is 1. The summed E-state index contributed by atoms with van der Waals surface area (Å²) in [4.78, 5) is 31.4. The molecule has 0 bridgehead atoms. The molecule has 1 N–H and O–H groups in total. The number of imidazole rings is 1. The Bertz CT molecular complexity index is 773. The van der Waals surface area contributed by atoms with Crippen LogP contribution in [0, 0.1) is 5.92 Å². The molecule has 6 heteroatoms. The minimum absolute atomic E-state index is 0.0912. The number of hydrogen-bond donors (Lipinski definition) is 1. The van der Waals surface area contributed by atoms with Crippen molar-refractivity contribution in [3.8, 4) is 0 Å². The fourth-order valence-electron chi connectivity index (χ4n) is 3.23. The molecule has 1 aliphatic rings. The molecule has 0 unspecified atom stereocenters. The van der Waals surface area contributed by atoms with Crippen LogP contribution in [0.3, 0.4) is 0 Å². The Balaban J connectivity index is 1.81. The van der Waals surface area contributed by atoms with Crippen molar-refractivity contribution in [2.24, 2.45) is 5.92 Å². The molecule has 0 radical (unpaired) electrons. The normalized spacial score (nSPS) is 13.8. The highest BCUT2D eigenvalue weighted by molar-refractivity contribution is 5.82. The van der Waals surface area contributed by atoms with Gasteiger partial charge in [0.1, 0.15) is 12.4 Å². The number of hydrogen-bond acceptors (Lipinski definition) is 3. The Kier molecular flexibility index (Phi) is 5.91. The Labute approximate surface area is 154 Å². The number of rotatable bonds is 9. The molecular formula is C20H28N4O2. The molecule has 0 spiro atoms. The smallest absolute Gasteiger partial charge is 0.242 e. The third kappa shape index (κ3) is 4.23. The van der Waals surface area contributed by atoms with Gasteiger partial charge >= 0.3 is 0 Å². The van der Waals surface area contributed by atoms with E-state index in [4.69, 9.17) is 0 Å². The Hall–Kier alpha value is -2.37. The molecular weight excluding hydrogens is 328 g/mol. The van der Waals surface area contributed by atoms with E-state index in [1.54, 1.807) is 0 Å². The van der Waals surface area contributed by atoms with Crippen molar-refractivity contribution in [2.45, 2.75) is 52.6 Å². The van der Waals surface area contributed by atoms with Crippen LogP contribution in [-0.2, 0) is 22.7 Å². The fraction of sp³-hybridized carbons (Fsp3) is 0.550.